The fourth-order valence-corrected chi connectivity index (χ4v) is 3.36. The van der Waals surface area contributed by atoms with E-state index in [-0.39, 0.29) is 18.0 Å². The second-order valence-corrected chi connectivity index (χ2v) is 7.29. The number of hydrogen-bond acceptors (Lipinski definition) is 3. The first-order chi connectivity index (χ1) is 10.9. The third-order valence-electron chi connectivity index (χ3n) is 3.44. The van der Waals surface area contributed by atoms with Crippen molar-refractivity contribution in [1.29, 1.82) is 0 Å². The van der Waals surface area contributed by atoms with E-state index < -0.39 is 10.0 Å². The summed E-state index contributed by atoms with van der Waals surface area (Å²) in [6, 6.07) is 12.4. The highest BCUT2D eigenvalue weighted by Gasteiger charge is 2.14. The molecule has 0 aromatic heterocycles. The second-order valence-electron chi connectivity index (χ2n) is 5.12. The summed E-state index contributed by atoms with van der Waals surface area (Å²) < 4.78 is 32.6. The zero-order valence-electron chi connectivity index (χ0n) is 13.2. The van der Waals surface area contributed by atoms with Gasteiger partial charge in [-0.15, -0.1) is 0 Å². The summed E-state index contributed by atoms with van der Waals surface area (Å²) in [6.45, 7) is 4.28. The van der Waals surface area contributed by atoms with Gasteiger partial charge in [0.05, 0.1) is 4.90 Å². The van der Waals surface area contributed by atoms with Crippen molar-refractivity contribution in [3.63, 3.8) is 0 Å². The number of benzene rings is 2. The number of sulfonamides is 1. The Kier molecular flexibility index (Phi) is 6.04. The lowest BCUT2D eigenvalue weighted by Crippen LogP contribution is -2.28. The van der Waals surface area contributed by atoms with Crippen LogP contribution in [-0.2, 0) is 16.4 Å². The maximum Gasteiger partial charge on any atom is 0.240 e. The van der Waals surface area contributed by atoms with Gasteiger partial charge in [-0.25, -0.2) is 13.1 Å². The van der Waals surface area contributed by atoms with Crippen LogP contribution in [0.3, 0.4) is 0 Å². The molecule has 2 rings (SSSR count). The van der Waals surface area contributed by atoms with E-state index in [2.05, 4.69) is 4.72 Å². The van der Waals surface area contributed by atoms with E-state index in [9.17, 15) is 8.42 Å². The molecule has 0 saturated heterocycles. The largest absolute Gasteiger partial charge is 0.492 e. The lowest BCUT2D eigenvalue weighted by atomic mass is 10.1. The Hall–Kier alpha value is -1.56. The monoisotopic (exact) mass is 353 g/mol. The lowest BCUT2D eigenvalue weighted by molar-refractivity contribution is 0.320. The minimum Gasteiger partial charge on any atom is -0.492 e. The normalized spacial score (nSPS) is 11.4. The minimum absolute atomic E-state index is 0.196. The molecular weight excluding hydrogens is 334 g/mol. The molecule has 1 N–H and O–H groups in total. The van der Waals surface area contributed by atoms with Crippen molar-refractivity contribution in [3.05, 3.63) is 58.6 Å². The Balaban J connectivity index is 1.93. The molecule has 0 unspecified atom stereocenters. The summed E-state index contributed by atoms with van der Waals surface area (Å²) in [5.74, 6) is 0.788. The lowest BCUT2D eigenvalue weighted by Gasteiger charge is -2.11. The number of para-hydroxylation sites is 1. The summed E-state index contributed by atoms with van der Waals surface area (Å²) >= 11 is 5.92. The maximum atomic E-state index is 12.2. The van der Waals surface area contributed by atoms with Crippen molar-refractivity contribution in [1.82, 2.24) is 4.72 Å². The molecule has 0 aliphatic rings. The van der Waals surface area contributed by atoms with Crippen molar-refractivity contribution in [2.45, 2.75) is 25.2 Å². The number of hydrogen-bond donors (Lipinski definition) is 1. The van der Waals surface area contributed by atoms with Crippen LogP contribution >= 0.6 is 11.6 Å². The summed E-state index contributed by atoms with van der Waals surface area (Å²) in [6.07, 6.45) is 0.867. The van der Waals surface area contributed by atoms with Crippen molar-refractivity contribution in [2.75, 3.05) is 13.2 Å². The number of ether oxygens (including phenoxy) is 1. The van der Waals surface area contributed by atoms with Crippen molar-refractivity contribution in [3.8, 4) is 5.75 Å². The molecule has 0 amide bonds. The van der Waals surface area contributed by atoms with Gasteiger partial charge >= 0.3 is 0 Å². The molecule has 23 heavy (non-hydrogen) atoms. The smallest absolute Gasteiger partial charge is 0.240 e. The quantitative estimate of drug-likeness (QED) is 0.774. The minimum atomic E-state index is -3.56. The molecule has 2 aromatic rings. The van der Waals surface area contributed by atoms with E-state index >= 15 is 0 Å². The van der Waals surface area contributed by atoms with Crippen LogP contribution in [0.15, 0.2) is 47.4 Å². The van der Waals surface area contributed by atoms with E-state index in [1.54, 1.807) is 19.1 Å². The molecule has 0 atom stereocenters. The first-order valence-electron chi connectivity index (χ1n) is 7.40. The zero-order valence-corrected chi connectivity index (χ0v) is 14.7. The SMILES string of the molecule is CCc1ccccc1OCCNS(=O)(=O)c1ccc(Cl)c(C)c1. The Morgan fingerprint density at radius 1 is 1.17 bits per heavy atom. The molecule has 0 aliphatic carbocycles. The third-order valence-corrected chi connectivity index (χ3v) is 5.33. The molecule has 4 nitrogen and oxygen atoms in total. The molecule has 0 aliphatic heterocycles. The first kappa shape index (κ1) is 17.8. The maximum absolute atomic E-state index is 12.2. The van der Waals surface area contributed by atoms with Gasteiger partial charge in [0.2, 0.25) is 10.0 Å². The van der Waals surface area contributed by atoms with Crippen LogP contribution in [0.5, 0.6) is 5.75 Å². The van der Waals surface area contributed by atoms with Gasteiger partial charge in [-0.1, -0.05) is 36.7 Å². The van der Waals surface area contributed by atoms with Crippen molar-refractivity contribution in [2.24, 2.45) is 0 Å². The Bertz CT molecular complexity index is 775. The molecule has 0 heterocycles. The standard InChI is InChI=1S/C17H20ClNO3S/c1-3-14-6-4-5-7-17(14)22-11-10-19-23(20,21)15-8-9-16(18)13(2)12-15/h4-9,12,19H,3,10-11H2,1-2H3. The van der Waals surface area contributed by atoms with Crippen LogP contribution in [0.4, 0.5) is 0 Å². The van der Waals surface area contributed by atoms with Crippen LogP contribution in [0.25, 0.3) is 0 Å². The molecule has 0 spiro atoms. The molecule has 0 saturated carbocycles. The average Bonchev–Trinajstić information content (AvgIpc) is 2.54. The van der Waals surface area contributed by atoms with Gasteiger partial charge in [0.15, 0.2) is 0 Å². The van der Waals surface area contributed by atoms with Gasteiger partial charge in [-0.3, -0.25) is 0 Å². The van der Waals surface area contributed by atoms with Crippen LogP contribution in [0, 0.1) is 6.92 Å². The molecule has 0 bridgehead atoms. The van der Waals surface area contributed by atoms with Gasteiger partial charge in [0.1, 0.15) is 12.4 Å². The number of nitrogens with one attached hydrogen (secondary N) is 1. The van der Waals surface area contributed by atoms with Crippen molar-refractivity contribution < 1.29 is 13.2 Å². The molecule has 124 valence electrons. The second kappa shape index (κ2) is 7.81. The van der Waals surface area contributed by atoms with E-state index in [0.29, 0.717) is 5.02 Å². The summed E-state index contributed by atoms with van der Waals surface area (Å²) in [5, 5.41) is 0.545. The predicted octanol–water partition coefficient (Wildman–Crippen LogP) is 3.57. The molecular formula is C17H20ClNO3S. The average molecular weight is 354 g/mol. The zero-order chi connectivity index (χ0) is 16.9. The Morgan fingerprint density at radius 2 is 1.91 bits per heavy atom. The highest BCUT2D eigenvalue weighted by molar-refractivity contribution is 7.89. The number of halogens is 1. The van der Waals surface area contributed by atoms with Crippen LogP contribution in [0.2, 0.25) is 5.02 Å². The fraction of sp³-hybridized carbons (Fsp3) is 0.294. The van der Waals surface area contributed by atoms with E-state index in [1.165, 1.54) is 6.07 Å². The molecule has 6 heteroatoms. The number of aryl methyl sites for hydroxylation is 2. The number of rotatable bonds is 7. The van der Waals surface area contributed by atoms with Gasteiger partial charge in [-0.05, 0) is 48.7 Å². The highest BCUT2D eigenvalue weighted by Crippen LogP contribution is 2.20. The van der Waals surface area contributed by atoms with Crippen LogP contribution < -0.4 is 9.46 Å². The molecule has 2 aromatic carbocycles. The van der Waals surface area contributed by atoms with Gasteiger partial charge in [-0.2, -0.15) is 0 Å². The van der Waals surface area contributed by atoms with Gasteiger partial charge in [0, 0.05) is 11.6 Å². The van der Waals surface area contributed by atoms with E-state index in [1.807, 2.05) is 31.2 Å². The molecule has 0 radical (unpaired) electrons. The summed E-state index contributed by atoms with van der Waals surface area (Å²) in [4.78, 5) is 0.202. The third kappa shape index (κ3) is 4.70. The van der Waals surface area contributed by atoms with Gasteiger partial charge < -0.3 is 4.74 Å². The van der Waals surface area contributed by atoms with Crippen LogP contribution in [0.1, 0.15) is 18.1 Å². The van der Waals surface area contributed by atoms with E-state index in [0.717, 1.165) is 23.3 Å². The summed E-state index contributed by atoms with van der Waals surface area (Å²) in [7, 11) is -3.56. The van der Waals surface area contributed by atoms with E-state index in [4.69, 9.17) is 16.3 Å². The molecule has 0 fully saturated rings. The predicted molar refractivity (Wildman–Crippen MR) is 92.7 cm³/mol. The van der Waals surface area contributed by atoms with Crippen molar-refractivity contribution >= 4 is 21.6 Å². The topological polar surface area (TPSA) is 55.4 Å². The Morgan fingerprint density at radius 3 is 2.61 bits per heavy atom. The fourth-order valence-electron chi connectivity index (χ4n) is 2.14. The summed E-state index contributed by atoms with van der Waals surface area (Å²) in [5.41, 5.74) is 1.83. The first-order valence-corrected chi connectivity index (χ1v) is 9.26. The highest BCUT2D eigenvalue weighted by atomic mass is 35.5. The Labute approximate surface area is 142 Å². The van der Waals surface area contributed by atoms with Crippen LogP contribution in [-0.4, -0.2) is 21.6 Å². The van der Waals surface area contributed by atoms with Gasteiger partial charge in [0.25, 0.3) is 0 Å².